The molecule has 196 valence electrons. The number of aromatic nitrogens is 1. The summed E-state index contributed by atoms with van der Waals surface area (Å²) in [4.78, 5) is 62.2. The van der Waals surface area contributed by atoms with Gasteiger partial charge in [-0.1, -0.05) is 11.8 Å². The van der Waals surface area contributed by atoms with Crippen LogP contribution in [0.15, 0.2) is 47.6 Å². The molecule has 0 saturated carbocycles. The number of imide groups is 2. The van der Waals surface area contributed by atoms with Gasteiger partial charge in [0, 0.05) is 44.7 Å². The van der Waals surface area contributed by atoms with Gasteiger partial charge in [0.25, 0.3) is 5.91 Å². The zero-order valence-electron chi connectivity index (χ0n) is 20.4. The van der Waals surface area contributed by atoms with Crippen molar-refractivity contribution in [2.45, 2.75) is 49.0 Å². The summed E-state index contributed by atoms with van der Waals surface area (Å²) in [5.41, 5.74) is 1.16. The highest BCUT2D eigenvalue weighted by Gasteiger charge is 2.29. The largest absolute Gasteiger partial charge is 0.481 e. The minimum atomic E-state index is -1.09. The maximum atomic E-state index is 11.6. The van der Waals surface area contributed by atoms with Gasteiger partial charge in [0.1, 0.15) is 10.8 Å². The van der Waals surface area contributed by atoms with Crippen molar-refractivity contribution >= 4 is 47.0 Å². The van der Waals surface area contributed by atoms with Crippen LogP contribution >= 0.6 is 11.8 Å². The lowest BCUT2D eigenvalue weighted by molar-refractivity contribution is -0.139. The van der Waals surface area contributed by atoms with Crippen molar-refractivity contribution in [3.05, 3.63) is 48.2 Å². The van der Waals surface area contributed by atoms with E-state index in [4.69, 9.17) is 9.84 Å². The highest BCUT2D eigenvalue weighted by Crippen LogP contribution is 2.29. The number of piperidine rings is 2. The molecule has 2 aliphatic rings. The van der Waals surface area contributed by atoms with Crippen molar-refractivity contribution in [1.29, 1.82) is 0 Å². The Hall–Kier alpha value is -3.93. The van der Waals surface area contributed by atoms with Crippen LogP contribution in [0.3, 0.4) is 0 Å². The molecule has 0 aliphatic carbocycles. The van der Waals surface area contributed by atoms with E-state index in [1.807, 2.05) is 31.3 Å². The number of carbonyl (C=O) groups excluding carboxylic acids is 4. The van der Waals surface area contributed by atoms with Crippen LogP contribution < -0.4 is 20.3 Å². The van der Waals surface area contributed by atoms with Crippen LogP contribution in [-0.2, 0) is 19.2 Å². The lowest BCUT2D eigenvalue weighted by Gasteiger charge is -2.22. The third kappa shape index (κ3) is 7.78. The SMILES string of the molecule is CCN(C)c1ccc(OC2CCC(=O)NC2=O)cc1.O=C1CCC(Sc2ncccc2C(=O)O)C(=O)N1. The molecule has 1 aromatic heterocycles. The quantitative estimate of drug-likeness (QED) is 0.455. The van der Waals surface area contributed by atoms with Crippen molar-refractivity contribution in [2.24, 2.45) is 0 Å². The van der Waals surface area contributed by atoms with E-state index in [-0.39, 0.29) is 29.7 Å². The number of nitrogens with one attached hydrogen (secondary N) is 2. The number of amides is 4. The van der Waals surface area contributed by atoms with E-state index in [0.29, 0.717) is 30.0 Å². The molecule has 2 unspecified atom stereocenters. The first-order chi connectivity index (χ1) is 17.7. The van der Waals surface area contributed by atoms with Crippen molar-refractivity contribution in [3.8, 4) is 5.75 Å². The van der Waals surface area contributed by atoms with Gasteiger partial charge in [-0.15, -0.1) is 0 Å². The van der Waals surface area contributed by atoms with Crippen molar-refractivity contribution < 1.29 is 33.8 Å². The Labute approximate surface area is 218 Å². The minimum Gasteiger partial charge on any atom is -0.481 e. The van der Waals surface area contributed by atoms with E-state index < -0.39 is 23.2 Å². The fourth-order valence-corrected chi connectivity index (χ4v) is 4.56. The molecule has 2 aromatic rings. The molecule has 37 heavy (non-hydrogen) atoms. The molecular weight excluding hydrogens is 500 g/mol. The zero-order chi connectivity index (χ0) is 26.9. The second-order valence-electron chi connectivity index (χ2n) is 8.28. The first-order valence-electron chi connectivity index (χ1n) is 11.7. The Morgan fingerprint density at radius 1 is 1.05 bits per heavy atom. The molecular formula is C25H28N4O7S. The molecule has 4 rings (SSSR count). The predicted octanol–water partition coefficient (Wildman–Crippen LogP) is 2.00. The molecule has 2 fully saturated rings. The number of thioether (sulfide) groups is 1. The summed E-state index contributed by atoms with van der Waals surface area (Å²) in [5, 5.41) is 13.3. The number of ether oxygens (including phenoxy) is 1. The van der Waals surface area contributed by atoms with E-state index in [9.17, 15) is 24.0 Å². The number of carboxylic acids is 1. The lowest BCUT2D eigenvalue weighted by Crippen LogP contribution is -2.46. The number of nitrogens with zero attached hydrogens (tertiary/aromatic N) is 2. The van der Waals surface area contributed by atoms with Crippen LogP contribution in [0, 0.1) is 0 Å². The van der Waals surface area contributed by atoms with Gasteiger partial charge in [-0.05, 0) is 49.7 Å². The summed E-state index contributed by atoms with van der Waals surface area (Å²) >= 11 is 1.07. The van der Waals surface area contributed by atoms with Crippen LogP contribution in [0.5, 0.6) is 5.75 Å². The van der Waals surface area contributed by atoms with Crippen molar-refractivity contribution in [1.82, 2.24) is 15.6 Å². The van der Waals surface area contributed by atoms with Crippen LogP contribution in [0.1, 0.15) is 43.0 Å². The molecule has 12 heteroatoms. The third-order valence-corrected chi connectivity index (χ3v) is 6.95. The van der Waals surface area contributed by atoms with Crippen LogP contribution in [0.2, 0.25) is 0 Å². The summed E-state index contributed by atoms with van der Waals surface area (Å²) in [6.45, 7) is 3.00. The molecule has 0 spiro atoms. The van der Waals surface area contributed by atoms with Gasteiger partial charge in [-0.25, -0.2) is 9.78 Å². The number of aromatic carboxylic acids is 1. The minimum absolute atomic E-state index is 0.0622. The second-order valence-corrected chi connectivity index (χ2v) is 9.48. The molecule has 3 heterocycles. The van der Waals surface area contributed by atoms with Gasteiger partial charge in [0.05, 0.1) is 10.8 Å². The molecule has 3 N–H and O–H groups in total. The molecule has 2 saturated heterocycles. The predicted molar refractivity (Wildman–Crippen MR) is 135 cm³/mol. The number of benzene rings is 1. The van der Waals surface area contributed by atoms with Gasteiger partial charge in [-0.3, -0.25) is 29.8 Å². The molecule has 0 bridgehead atoms. The summed E-state index contributed by atoms with van der Waals surface area (Å²) in [6, 6.07) is 10.5. The molecule has 4 amide bonds. The first kappa shape index (κ1) is 27.7. The van der Waals surface area contributed by atoms with Gasteiger partial charge >= 0.3 is 5.97 Å². The zero-order valence-corrected chi connectivity index (χ0v) is 21.2. The fraction of sp³-hybridized carbons (Fsp3) is 0.360. The van der Waals surface area contributed by atoms with Crippen LogP contribution in [-0.4, -0.2) is 64.6 Å². The number of carbonyl (C=O) groups is 5. The fourth-order valence-electron chi connectivity index (χ4n) is 3.48. The molecule has 0 radical (unpaired) electrons. The Balaban J connectivity index is 0.000000206. The highest BCUT2D eigenvalue weighted by atomic mass is 32.2. The summed E-state index contributed by atoms with van der Waals surface area (Å²) in [7, 11) is 2.01. The number of hydrogen-bond donors (Lipinski definition) is 3. The maximum Gasteiger partial charge on any atom is 0.338 e. The van der Waals surface area contributed by atoms with E-state index >= 15 is 0 Å². The van der Waals surface area contributed by atoms with Crippen LogP contribution in [0.4, 0.5) is 5.69 Å². The normalized spacial score (nSPS) is 19.2. The first-order valence-corrected chi connectivity index (χ1v) is 12.6. The molecule has 2 atom stereocenters. The standard InChI is InChI=1S/C14H18N2O3.C11H10N2O4S/c1-3-16(2)10-4-6-11(7-5-10)19-12-8-9-13(17)15-14(12)18;14-8-4-3-7(9(15)13-8)18-10-6(11(16)17)2-1-5-12-10/h4-7,12H,3,8-9H2,1-2H3,(H,15,17,18);1-2,5,7H,3-4H2,(H,16,17)(H,13,14,15). The number of pyridine rings is 1. The van der Waals surface area contributed by atoms with E-state index in [1.165, 1.54) is 18.3 Å². The third-order valence-electron chi connectivity index (χ3n) is 5.66. The number of hydrogen-bond acceptors (Lipinski definition) is 9. The van der Waals surface area contributed by atoms with E-state index in [0.717, 1.165) is 24.0 Å². The van der Waals surface area contributed by atoms with Crippen molar-refractivity contribution in [3.63, 3.8) is 0 Å². The Kier molecular flexibility index (Phi) is 9.61. The van der Waals surface area contributed by atoms with Crippen LogP contribution in [0.25, 0.3) is 0 Å². The maximum absolute atomic E-state index is 11.6. The number of rotatable bonds is 7. The van der Waals surface area contributed by atoms with Gasteiger partial charge in [-0.2, -0.15) is 0 Å². The van der Waals surface area contributed by atoms with E-state index in [1.54, 1.807) is 0 Å². The lowest BCUT2D eigenvalue weighted by atomic mass is 10.1. The van der Waals surface area contributed by atoms with Crippen molar-refractivity contribution in [2.75, 3.05) is 18.5 Å². The van der Waals surface area contributed by atoms with Gasteiger partial charge in [0.15, 0.2) is 6.10 Å². The van der Waals surface area contributed by atoms with Gasteiger partial charge < -0.3 is 14.7 Å². The summed E-state index contributed by atoms with van der Waals surface area (Å²) in [5.74, 6) is -1.72. The molecule has 1 aromatic carbocycles. The molecule has 11 nitrogen and oxygen atoms in total. The Morgan fingerprint density at radius 2 is 1.70 bits per heavy atom. The van der Waals surface area contributed by atoms with Gasteiger partial charge in [0.2, 0.25) is 17.7 Å². The highest BCUT2D eigenvalue weighted by molar-refractivity contribution is 8.00. The molecule has 2 aliphatic heterocycles. The monoisotopic (exact) mass is 528 g/mol. The Bertz CT molecular complexity index is 1170. The Morgan fingerprint density at radius 3 is 2.30 bits per heavy atom. The number of anilines is 1. The summed E-state index contributed by atoms with van der Waals surface area (Å²) < 4.78 is 5.60. The second kappa shape index (κ2) is 12.9. The smallest absolute Gasteiger partial charge is 0.338 e. The summed E-state index contributed by atoms with van der Waals surface area (Å²) in [6.07, 6.45) is 2.31. The topological polar surface area (TPSA) is 155 Å². The average molecular weight is 529 g/mol. The average Bonchev–Trinajstić information content (AvgIpc) is 2.88. The number of carboxylic acid groups (broad SMARTS) is 1. The van der Waals surface area contributed by atoms with E-state index in [2.05, 4.69) is 27.4 Å².